The Balaban J connectivity index is 1.17. The van der Waals surface area contributed by atoms with E-state index in [0.717, 1.165) is 83.0 Å². The summed E-state index contributed by atoms with van der Waals surface area (Å²) in [5, 5.41) is 9.84. The van der Waals surface area contributed by atoms with Gasteiger partial charge in [-0.25, -0.2) is 0 Å². The van der Waals surface area contributed by atoms with Crippen molar-refractivity contribution < 1.29 is 19.4 Å². The first kappa shape index (κ1) is 25.9. The van der Waals surface area contributed by atoms with E-state index in [0.29, 0.717) is 41.0 Å². The molecule has 5 aliphatic rings. The maximum Gasteiger partial charge on any atom is 0.139 e. The molecule has 35 heavy (non-hydrogen) atoms. The summed E-state index contributed by atoms with van der Waals surface area (Å²) in [6.45, 7) is 7.10. The van der Waals surface area contributed by atoms with Crippen molar-refractivity contribution in [3.05, 3.63) is 0 Å². The summed E-state index contributed by atoms with van der Waals surface area (Å²) in [6, 6.07) is 0. The molecule has 0 bridgehead atoms. The summed E-state index contributed by atoms with van der Waals surface area (Å²) in [7, 11) is 0. The SMILES string of the molecule is CCC(C)(C)C1CCC(C(=O)C2CCC3OC4CCC(C(=O)C5CCC(O)CC5)CC4C3C2)CC1. The minimum absolute atomic E-state index is 0.159. The monoisotopic (exact) mass is 486 g/mol. The lowest BCUT2D eigenvalue weighted by molar-refractivity contribution is -0.132. The Kier molecular flexibility index (Phi) is 7.81. The van der Waals surface area contributed by atoms with Crippen LogP contribution in [0.15, 0.2) is 0 Å². The van der Waals surface area contributed by atoms with Crippen LogP contribution in [0.4, 0.5) is 0 Å². The molecular formula is C31H50O4. The van der Waals surface area contributed by atoms with E-state index in [9.17, 15) is 14.7 Å². The van der Waals surface area contributed by atoms with Gasteiger partial charge in [-0.2, -0.15) is 0 Å². The lowest BCUT2D eigenvalue weighted by atomic mass is 9.63. The van der Waals surface area contributed by atoms with Gasteiger partial charge in [0.05, 0.1) is 18.3 Å². The second-order valence-corrected chi connectivity index (χ2v) is 13.8. The van der Waals surface area contributed by atoms with Crippen molar-refractivity contribution in [1.29, 1.82) is 0 Å². The Labute approximate surface area is 213 Å². The number of fused-ring (bicyclic) bond motifs is 3. The van der Waals surface area contributed by atoms with Crippen molar-refractivity contribution in [1.82, 2.24) is 0 Å². The predicted molar refractivity (Wildman–Crippen MR) is 138 cm³/mol. The molecule has 1 aliphatic heterocycles. The highest BCUT2D eigenvalue weighted by Crippen LogP contribution is 2.52. The number of carbonyl (C=O) groups is 2. The Morgan fingerprint density at radius 2 is 1.11 bits per heavy atom. The summed E-state index contributed by atoms with van der Waals surface area (Å²) >= 11 is 0. The zero-order valence-corrected chi connectivity index (χ0v) is 22.6. The van der Waals surface area contributed by atoms with Crippen LogP contribution in [-0.2, 0) is 14.3 Å². The summed E-state index contributed by atoms with van der Waals surface area (Å²) in [5.74, 6) is 3.56. The van der Waals surface area contributed by atoms with E-state index in [4.69, 9.17) is 4.74 Å². The summed E-state index contributed by atoms with van der Waals surface area (Å²) in [6.07, 6.45) is 15.5. The van der Waals surface area contributed by atoms with Crippen molar-refractivity contribution in [2.45, 2.75) is 135 Å². The van der Waals surface area contributed by atoms with E-state index < -0.39 is 0 Å². The number of hydrogen-bond acceptors (Lipinski definition) is 4. The molecule has 4 saturated carbocycles. The van der Waals surface area contributed by atoms with Gasteiger partial charge in [0.2, 0.25) is 0 Å². The van der Waals surface area contributed by atoms with E-state index in [-0.39, 0.29) is 29.8 Å². The molecule has 4 heteroatoms. The second-order valence-electron chi connectivity index (χ2n) is 13.8. The number of hydrogen-bond donors (Lipinski definition) is 1. The molecule has 0 spiro atoms. The van der Waals surface area contributed by atoms with Crippen LogP contribution in [0.25, 0.3) is 0 Å². The van der Waals surface area contributed by atoms with Gasteiger partial charge >= 0.3 is 0 Å². The average Bonchev–Trinajstić information content (AvgIpc) is 3.25. The van der Waals surface area contributed by atoms with Crippen LogP contribution in [-0.4, -0.2) is 35.0 Å². The first-order valence-electron chi connectivity index (χ1n) is 15.2. The largest absolute Gasteiger partial charge is 0.393 e. The lowest BCUT2D eigenvalue weighted by Crippen LogP contribution is -2.39. The molecule has 4 aliphatic carbocycles. The van der Waals surface area contributed by atoms with Crippen LogP contribution in [0.5, 0.6) is 0 Å². The molecule has 0 aromatic rings. The maximum absolute atomic E-state index is 13.6. The molecule has 0 aromatic carbocycles. The van der Waals surface area contributed by atoms with Crippen molar-refractivity contribution in [2.24, 2.45) is 46.8 Å². The number of Topliss-reactive ketones (excluding diaryl/α,β-unsaturated/α-hetero) is 2. The Morgan fingerprint density at radius 3 is 1.57 bits per heavy atom. The zero-order chi connectivity index (χ0) is 24.7. The van der Waals surface area contributed by atoms with Gasteiger partial charge in [0.15, 0.2) is 0 Å². The second kappa shape index (κ2) is 10.6. The highest BCUT2D eigenvalue weighted by Gasteiger charge is 2.51. The van der Waals surface area contributed by atoms with E-state index in [1.165, 1.54) is 19.3 Å². The normalized spacial score (nSPS) is 44.3. The number of aliphatic hydroxyl groups excluding tert-OH is 1. The van der Waals surface area contributed by atoms with E-state index in [2.05, 4.69) is 20.8 Å². The Morgan fingerprint density at radius 1 is 0.686 bits per heavy atom. The van der Waals surface area contributed by atoms with Gasteiger partial charge in [0.1, 0.15) is 11.6 Å². The third kappa shape index (κ3) is 5.31. The maximum atomic E-state index is 13.6. The highest BCUT2D eigenvalue weighted by atomic mass is 16.5. The number of rotatable bonds is 6. The van der Waals surface area contributed by atoms with Crippen molar-refractivity contribution in [2.75, 3.05) is 0 Å². The average molecular weight is 487 g/mol. The molecule has 1 N–H and O–H groups in total. The van der Waals surface area contributed by atoms with Gasteiger partial charge in [-0.1, -0.05) is 27.2 Å². The van der Waals surface area contributed by atoms with Crippen LogP contribution in [0.2, 0.25) is 0 Å². The predicted octanol–water partition coefficient (Wildman–Crippen LogP) is 6.52. The zero-order valence-electron chi connectivity index (χ0n) is 22.6. The Hall–Kier alpha value is -0.740. The standard InChI is InChI=1S/C31H50O4/c1-4-31(2,3)23-11-5-19(6-12-23)29(33)21-9-15-27-25(17-21)26-18-22(10-16-28(26)35-27)30(34)20-7-13-24(32)14-8-20/h19-28,32H,4-18H2,1-3H3. The molecule has 0 amide bonds. The van der Waals surface area contributed by atoms with Crippen LogP contribution in [0.1, 0.15) is 117 Å². The number of ether oxygens (including phenoxy) is 1. The summed E-state index contributed by atoms with van der Waals surface area (Å²) in [5.41, 5.74) is 0.397. The first-order valence-corrected chi connectivity index (χ1v) is 15.2. The third-order valence-electron chi connectivity index (χ3n) is 11.6. The molecule has 5 rings (SSSR count). The van der Waals surface area contributed by atoms with E-state index in [1.807, 2.05) is 0 Å². The van der Waals surface area contributed by atoms with Gasteiger partial charge in [-0.3, -0.25) is 9.59 Å². The summed E-state index contributed by atoms with van der Waals surface area (Å²) < 4.78 is 6.54. The molecule has 5 fully saturated rings. The number of ketones is 2. The quantitative estimate of drug-likeness (QED) is 0.464. The van der Waals surface area contributed by atoms with Crippen LogP contribution in [0, 0.1) is 46.8 Å². The molecule has 1 heterocycles. The van der Waals surface area contributed by atoms with Gasteiger partial charge < -0.3 is 9.84 Å². The summed E-state index contributed by atoms with van der Waals surface area (Å²) in [4.78, 5) is 26.9. The molecule has 6 unspecified atom stereocenters. The van der Waals surface area contributed by atoms with Crippen LogP contribution in [0.3, 0.4) is 0 Å². The number of carbonyl (C=O) groups excluding carboxylic acids is 2. The molecule has 0 radical (unpaired) electrons. The van der Waals surface area contributed by atoms with E-state index >= 15 is 0 Å². The van der Waals surface area contributed by atoms with Crippen LogP contribution < -0.4 is 0 Å². The molecule has 198 valence electrons. The topological polar surface area (TPSA) is 63.6 Å². The number of aliphatic hydroxyl groups is 1. The molecule has 6 atom stereocenters. The van der Waals surface area contributed by atoms with Crippen molar-refractivity contribution in [3.8, 4) is 0 Å². The fourth-order valence-corrected chi connectivity index (χ4v) is 8.81. The van der Waals surface area contributed by atoms with Gasteiger partial charge in [-0.15, -0.1) is 0 Å². The van der Waals surface area contributed by atoms with Gasteiger partial charge in [0, 0.05) is 23.7 Å². The third-order valence-corrected chi connectivity index (χ3v) is 11.6. The highest BCUT2D eigenvalue weighted by molar-refractivity contribution is 5.84. The minimum atomic E-state index is -0.205. The van der Waals surface area contributed by atoms with Crippen molar-refractivity contribution in [3.63, 3.8) is 0 Å². The molecule has 4 nitrogen and oxygen atoms in total. The Bertz CT molecular complexity index is 758. The molecular weight excluding hydrogens is 436 g/mol. The van der Waals surface area contributed by atoms with E-state index in [1.54, 1.807) is 0 Å². The van der Waals surface area contributed by atoms with Gasteiger partial charge in [0.25, 0.3) is 0 Å². The first-order chi connectivity index (χ1) is 16.8. The van der Waals surface area contributed by atoms with Gasteiger partial charge in [-0.05, 0) is 113 Å². The lowest BCUT2D eigenvalue weighted by Gasteiger charge is -2.40. The van der Waals surface area contributed by atoms with Crippen LogP contribution >= 0.6 is 0 Å². The molecule has 1 saturated heterocycles. The fourth-order valence-electron chi connectivity index (χ4n) is 8.81. The fraction of sp³-hybridized carbons (Fsp3) is 0.935. The smallest absolute Gasteiger partial charge is 0.139 e. The minimum Gasteiger partial charge on any atom is -0.393 e. The molecule has 0 aromatic heterocycles. The van der Waals surface area contributed by atoms with Crippen molar-refractivity contribution >= 4 is 11.6 Å².